The molecule has 0 aliphatic heterocycles. The zero-order chi connectivity index (χ0) is 14.8. The number of ether oxygens (including phenoxy) is 1. The molecule has 0 unspecified atom stereocenters. The Balaban J connectivity index is 1.80. The molecule has 0 aliphatic carbocycles. The van der Waals surface area contributed by atoms with Crippen molar-refractivity contribution in [3.63, 3.8) is 0 Å². The fourth-order valence-corrected chi connectivity index (χ4v) is 2.56. The van der Waals surface area contributed by atoms with Crippen LogP contribution < -0.4 is 10.1 Å². The van der Waals surface area contributed by atoms with E-state index in [1.807, 2.05) is 42.5 Å². The highest BCUT2D eigenvalue weighted by Crippen LogP contribution is 2.29. The topological polar surface area (TPSA) is 34.4 Å². The molecule has 0 bridgehead atoms. The molecule has 1 aromatic heterocycles. The van der Waals surface area contributed by atoms with E-state index in [1.165, 1.54) is 0 Å². The molecule has 0 spiro atoms. The Morgan fingerprint density at radius 3 is 2.86 bits per heavy atom. The van der Waals surface area contributed by atoms with Crippen molar-refractivity contribution in [3.05, 3.63) is 57.7 Å². The second-order valence-corrected chi connectivity index (χ2v) is 5.84. The molecule has 3 nitrogen and oxygen atoms in total. The number of rotatable bonds is 4. The summed E-state index contributed by atoms with van der Waals surface area (Å²) in [6.07, 6.45) is 0. The van der Waals surface area contributed by atoms with Crippen LogP contribution in [0.4, 0.5) is 5.69 Å². The minimum Gasteiger partial charge on any atom is -0.493 e. The van der Waals surface area contributed by atoms with E-state index < -0.39 is 0 Å². The minimum atomic E-state index is 0.579. The maximum atomic E-state index is 6.07. The van der Waals surface area contributed by atoms with Gasteiger partial charge in [-0.3, -0.25) is 0 Å². The van der Waals surface area contributed by atoms with E-state index in [0.29, 0.717) is 11.6 Å². The summed E-state index contributed by atoms with van der Waals surface area (Å²) in [7, 11) is 1.64. The first-order valence-electron chi connectivity index (χ1n) is 6.42. The van der Waals surface area contributed by atoms with Crippen LogP contribution in [0.3, 0.4) is 0 Å². The number of methoxy groups -OCH3 is 1. The molecule has 3 aromatic rings. The molecule has 0 amide bonds. The van der Waals surface area contributed by atoms with Gasteiger partial charge in [-0.1, -0.05) is 23.7 Å². The van der Waals surface area contributed by atoms with Crippen molar-refractivity contribution in [2.45, 2.75) is 6.54 Å². The molecule has 0 saturated heterocycles. The molecule has 3 rings (SSSR count). The van der Waals surface area contributed by atoms with Crippen molar-refractivity contribution in [2.24, 2.45) is 0 Å². The third-order valence-electron chi connectivity index (χ3n) is 3.17. The van der Waals surface area contributed by atoms with Crippen molar-refractivity contribution in [3.8, 4) is 5.75 Å². The number of fused-ring (bicyclic) bond motifs is 1. The van der Waals surface area contributed by atoms with E-state index in [-0.39, 0.29) is 0 Å². The lowest BCUT2D eigenvalue weighted by molar-refractivity contribution is 0.408. The van der Waals surface area contributed by atoms with Crippen LogP contribution in [-0.2, 0) is 6.54 Å². The Morgan fingerprint density at radius 1 is 1.24 bits per heavy atom. The zero-order valence-electron chi connectivity index (χ0n) is 11.3. The maximum absolute atomic E-state index is 6.07. The molecule has 21 heavy (non-hydrogen) atoms. The summed E-state index contributed by atoms with van der Waals surface area (Å²) in [5, 5.41) is 4.99. The number of benzene rings is 2. The largest absolute Gasteiger partial charge is 0.493 e. The van der Waals surface area contributed by atoms with Gasteiger partial charge in [0, 0.05) is 15.5 Å². The first kappa shape index (κ1) is 14.3. The molecule has 0 saturated carbocycles. The van der Waals surface area contributed by atoms with Gasteiger partial charge < -0.3 is 14.5 Å². The molecular formula is C16H13BrClNO2. The van der Waals surface area contributed by atoms with Gasteiger partial charge in [-0.25, -0.2) is 0 Å². The van der Waals surface area contributed by atoms with Crippen LogP contribution in [0.25, 0.3) is 11.0 Å². The lowest BCUT2D eigenvalue weighted by Gasteiger charge is -2.05. The molecular weight excluding hydrogens is 354 g/mol. The number of nitrogens with one attached hydrogen (secondary N) is 1. The predicted molar refractivity (Wildman–Crippen MR) is 89.2 cm³/mol. The van der Waals surface area contributed by atoms with E-state index in [2.05, 4.69) is 21.2 Å². The van der Waals surface area contributed by atoms with Crippen LogP contribution in [0.15, 0.2) is 51.4 Å². The predicted octanol–water partition coefficient (Wildman–Crippen LogP) is 5.47. The fraction of sp³-hybridized carbons (Fsp3) is 0.125. The third kappa shape index (κ3) is 3.01. The van der Waals surface area contributed by atoms with E-state index in [1.54, 1.807) is 7.11 Å². The molecule has 0 aliphatic rings. The highest BCUT2D eigenvalue weighted by Gasteiger charge is 2.08. The summed E-state index contributed by atoms with van der Waals surface area (Å²) >= 11 is 9.44. The van der Waals surface area contributed by atoms with Gasteiger partial charge in [-0.15, -0.1) is 0 Å². The summed E-state index contributed by atoms with van der Waals surface area (Å²) < 4.78 is 12.0. The highest BCUT2D eigenvalue weighted by atomic mass is 79.9. The second-order valence-electron chi connectivity index (χ2n) is 4.57. The van der Waals surface area contributed by atoms with Crippen molar-refractivity contribution in [2.75, 3.05) is 12.4 Å². The van der Waals surface area contributed by atoms with Crippen molar-refractivity contribution in [1.82, 2.24) is 0 Å². The first-order chi connectivity index (χ1) is 10.2. The number of hydrogen-bond donors (Lipinski definition) is 1. The van der Waals surface area contributed by atoms with Crippen molar-refractivity contribution < 1.29 is 9.15 Å². The number of furan rings is 1. The van der Waals surface area contributed by atoms with Gasteiger partial charge in [-0.05, 0) is 46.3 Å². The Bertz CT molecular complexity index is 785. The SMILES string of the molecule is COc1cccc2cc(CNc3ccc(Br)c(Cl)c3)oc12. The van der Waals surface area contributed by atoms with Gasteiger partial charge in [0.05, 0.1) is 18.7 Å². The average molecular weight is 367 g/mol. The van der Waals surface area contributed by atoms with E-state index in [9.17, 15) is 0 Å². The molecule has 2 aromatic carbocycles. The number of hydrogen-bond acceptors (Lipinski definition) is 3. The summed E-state index contributed by atoms with van der Waals surface area (Å²) in [5.74, 6) is 1.58. The van der Waals surface area contributed by atoms with Gasteiger partial charge in [-0.2, -0.15) is 0 Å². The molecule has 0 atom stereocenters. The molecule has 108 valence electrons. The van der Waals surface area contributed by atoms with Gasteiger partial charge in [0.1, 0.15) is 5.76 Å². The molecule has 0 fully saturated rings. The Kier molecular flexibility index (Phi) is 4.08. The average Bonchev–Trinajstić information content (AvgIpc) is 2.91. The summed E-state index contributed by atoms with van der Waals surface area (Å²) in [4.78, 5) is 0. The third-order valence-corrected chi connectivity index (χ3v) is 4.40. The van der Waals surface area contributed by atoms with Crippen LogP contribution >= 0.6 is 27.5 Å². The van der Waals surface area contributed by atoms with Crippen molar-refractivity contribution in [1.29, 1.82) is 0 Å². The fourth-order valence-electron chi connectivity index (χ4n) is 2.13. The summed E-state index contributed by atoms with van der Waals surface area (Å²) in [6.45, 7) is 0.579. The van der Waals surface area contributed by atoms with Gasteiger partial charge in [0.25, 0.3) is 0 Å². The lowest BCUT2D eigenvalue weighted by atomic mass is 10.2. The number of halogens is 2. The van der Waals surface area contributed by atoms with Crippen LogP contribution in [0, 0.1) is 0 Å². The van der Waals surface area contributed by atoms with Crippen molar-refractivity contribution >= 4 is 44.2 Å². The normalized spacial score (nSPS) is 10.8. The summed E-state index contributed by atoms with van der Waals surface area (Å²) in [5.41, 5.74) is 1.71. The monoisotopic (exact) mass is 365 g/mol. The van der Waals surface area contributed by atoms with Crippen LogP contribution in [0.5, 0.6) is 5.75 Å². The Morgan fingerprint density at radius 2 is 2.10 bits per heavy atom. The maximum Gasteiger partial charge on any atom is 0.176 e. The van der Waals surface area contributed by atoms with Crippen LogP contribution in [0.1, 0.15) is 5.76 Å². The molecule has 1 N–H and O–H groups in total. The highest BCUT2D eigenvalue weighted by molar-refractivity contribution is 9.10. The Labute approximate surface area is 136 Å². The zero-order valence-corrected chi connectivity index (χ0v) is 13.7. The Hall–Kier alpha value is -1.65. The second kappa shape index (κ2) is 6.00. The van der Waals surface area contributed by atoms with Crippen LogP contribution in [0.2, 0.25) is 5.02 Å². The van der Waals surface area contributed by atoms with E-state index >= 15 is 0 Å². The minimum absolute atomic E-state index is 0.579. The van der Waals surface area contributed by atoms with E-state index in [4.69, 9.17) is 20.8 Å². The molecule has 0 radical (unpaired) electrons. The smallest absolute Gasteiger partial charge is 0.176 e. The van der Waals surface area contributed by atoms with E-state index in [0.717, 1.165) is 32.6 Å². The lowest BCUT2D eigenvalue weighted by Crippen LogP contribution is -1.97. The van der Waals surface area contributed by atoms with Gasteiger partial charge in [0.2, 0.25) is 0 Å². The standard InChI is InChI=1S/C16H13BrClNO2/c1-20-15-4-2-3-10-7-12(21-16(10)15)9-19-11-5-6-13(17)14(18)8-11/h2-8,19H,9H2,1H3. The van der Waals surface area contributed by atoms with Gasteiger partial charge in [0.15, 0.2) is 11.3 Å². The molecule has 1 heterocycles. The number of para-hydroxylation sites is 1. The van der Waals surface area contributed by atoms with Crippen LogP contribution in [-0.4, -0.2) is 7.11 Å². The van der Waals surface area contributed by atoms with Gasteiger partial charge >= 0.3 is 0 Å². The number of anilines is 1. The molecule has 5 heteroatoms. The summed E-state index contributed by atoms with van der Waals surface area (Å²) in [6, 6.07) is 13.6. The first-order valence-corrected chi connectivity index (χ1v) is 7.59. The quantitative estimate of drug-likeness (QED) is 0.665.